The molecule has 0 bridgehead atoms. The summed E-state index contributed by atoms with van der Waals surface area (Å²) in [5.74, 6) is 1.59. The van der Waals surface area contributed by atoms with E-state index in [-0.39, 0.29) is 5.91 Å². The molecule has 3 heterocycles. The lowest BCUT2D eigenvalue weighted by atomic mass is 10.2. The van der Waals surface area contributed by atoms with Crippen molar-refractivity contribution in [2.24, 2.45) is 0 Å². The largest absolute Gasteiger partial charge is 0.361 e. The van der Waals surface area contributed by atoms with E-state index in [9.17, 15) is 4.79 Å². The fourth-order valence-corrected chi connectivity index (χ4v) is 3.45. The molecule has 2 aromatic heterocycles. The molecule has 1 aliphatic carbocycles. The van der Waals surface area contributed by atoms with E-state index in [1.54, 1.807) is 6.07 Å². The van der Waals surface area contributed by atoms with Crippen molar-refractivity contribution < 1.29 is 4.79 Å². The standard InChI is InChI=1S/C18H23N7O/c1-23(2)16-7-6-15(20-21-16)18(26)25-10-8-24(9-11-25)17-12-13-4-3-5-14(13)19-22-17/h6-7,12H,3-5,8-11H2,1-2H3. The summed E-state index contributed by atoms with van der Waals surface area (Å²) in [5, 5.41) is 16.9. The minimum absolute atomic E-state index is 0.0671. The summed E-state index contributed by atoms with van der Waals surface area (Å²) < 4.78 is 0. The zero-order valence-electron chi connectivity index (χ0n) is 15.2. The van der Waals surface area contributed by atoms with E-state index in [0.29, 0.717) is 18.8 Å². The Labute approximate surface area is 152 Å². The van der Waals surface area contributed by atoms with E-state index in [1.165, 1.54) is 12.0 Å². The van der Waals surface area contributed by atoms with E-state index in [4.69, 9.17) is 0 Å². The Morgan fingerprint density at radius 3 is 2.50 bits per heavy atom. The molecule has 4 rings (SSSR count). The summed E-state index contributed by atoms with van der Waals surface area (Å²) in [6.45, 7) is 2.80. The summed E-state index contributed by atoms with van der Waals surface area (Å²) in [7, 11) is 3.79. The third-order valence-corrected chi connectivity index (χ3v) is 5.03. The molecule has 2 aromatic rings. The summed E-state index contributed by atoms with van der Waals surface area (Å²) in [4.78, 5) is 18.5. The fourth-order valence-electron chi connectivity index (χ4n) is 3.45. The molecule has 136 valence electrons. The smallest absolute Gasteiger partial charge is 0.274 e. The van der Waals surface area contributed by atoms with Crippen molar-refractivity contribution in [2.45, 2.75) is 19.3 Å². The van der Waals surface area contributed by atoms with Crippen LogP contribution in [0.2, 0.25) is 0 Å². The molecular weight excluding hydrogens is 330 g/mol. The average Bonchev–Trinajstić information content (AvgIpc) is 3.15. The van der Waals surface area contributed by atoms with Gasteiger partial charge in [-0.15, -0.1) is 15.3 Å². The first-order valence-corrected chi connectivity index (χ1v) is 9.02. The lowest BCUT2D eigenvalue weighted by molar-refractivity contribution is 0.0739. The number of hydrogen-bond acceptors (Lipinski definition) is 7. The molecule has 26 heavy (non-hydrogen) atoms. The molecule has 1 aliphatic heterocycles. The van der Waals surface area contributed by atoms with Gasteiger partial charge in [0.15, 0.2) is 17.3 Å². The molecule has 1 amide bonds. The summed E-state index contributed by atoms with van der Waals surface area (Å²) >= 11 is 0. The second kappa shape index (κ2) is 6.86. The van der Waals surface area contributed by atoms with Crippen LogP contribution in [0.15, 0.2) is 18.2 Å². The highest BCUT2D eigenvalue weighted by Gasteiger charge is 2.25. The molecule has 0 unspecified atom stereocenters. The SMILES string of the molecule is CN(C)c1ccc(C(=O)N2CCN(c3cc4c(nn3)CCC4)CC2)nn1. The van der Waals surface area contributed by atoms with E-state index >= 15 is 0 Å². The molecule has 0 N–H and O–H groups in total. The maximum atomic E-state index is 12.6. The molecule has 0 atom stereocenters. The third kappa shape index (κ3) is 3.18. The van der Waals surface area contributed by atoms with Crippen LogP contribution >= 0.6 is 0 Å². The van der Waals surface area contributed by atoms with Gasteiger partial charge in [0.25, 0.3) is 5.91 Å². The zero-order valence-corrected chi connectivity index (χ0v) is 15.2. The Morgan fingerprint density at radius 2 is 1.81 bits per heavy atom. The number of carbonyl (C=O) groups is 1. The van der Waals surface area contributed by atoms with Crippen LogP contribution in [0.1, 0.15) is 28.2 Å². The van der Waals surface area contributed by atoms with E-state index in [2.05, 4.69) is 31.4 Å². The summed E-state index contributed by atoms with van der Waals surface area (Å²) in [6.07, 6.45) is 3.31. The Morgan fingerprint density at radius 1 is 1.00 bits per heavy atom. The Balaban J connectivity index is 1.39. The van der Waals surface area contributed by atoms with Crippen LogP contribution < -0.4 is 9.80 Å². The van der Waals surface area contributed by atoms with Gasteiger partial charge in [-0.2, -0.15) is 5.10 Å². The Kier molecular flexibility index (Phi) is 4.40. The van der Waals surface area contributed by atoms with Crippen molar-refractivity contribution in [3.8, 4) is 0 Å². The first-order valence-electron chi connectivity index (χ1n) is 9.02. The van der Waals surface area contributed by atoms with Gasteiger partial charge in [-0.05, 0) is 43.0 Å². The van der Waals surface area contributed by atoms with Crippen LogP contribution in [-0.4, -0.2) is 71.5 Å². The number of piperazine rings is 1. The molecule has 8 heteroatoms. The van der Waals surface area contributed by atoms with Crippen molar-refractivity contribution >= 4 is 17.5 Å². The van der Waals surface area contributed by atoms with Crippen LogP contribution in [0.3, 0.4) is 0 Å². The number of nitrogens with zero attached hydrogens (tertiary/aromatic N) is 7. The topological polar surface area (TPSA) is 78.4 Å². The predicted octanol–water partition coefficient (Wildman–Crippen LogP) is 0.784. The lowest BCUT2D eigenvalue weighted by Gasteiger charge is -2.35. The van der Waals surface area contributed by atoms with Crippen LogP contribution in [-0.2, 0) is 12.8 Å². The zero-order chi connectivity index (χ0) is 18.1. The van der Waals surface area contributed by atoms with Gasteiger partial charge in [0.1, 0.15) is 0 Å². The van der Waals surface area contributed by atoms with Crippen LogP contribution in [0.4, 0.5) is 11.6 Å². The van der Waals surface area contributed by atoms with E-state index in [0.717, 1.165) is 43.3 Å². The predicted molar refractivity (Wildman–Crippen MR) is 98.5 cm³/mol. The number of carbonyl (C=O) groups excluding carboxylic acids is 1. The summed E-state index contributed by atoms with van der Waals surface area (Å²) in [6, 6.07) is 5.72. The average molecular weight is 353 g/mol. The number of rotatable bonds is 3. The van der Waals surface area contributed by atoms with Gasteiger partial charge in [-0.25, -0.2) is 0 Å². The lowest BCUT2D eigenvalue weighted by Crippen LogP contribution is -2.49. The van der Waals surface area contributed by atoms with Gasteiger partial charge >= 0.3 is 0 Å². The Bertz CT molecular complexity index is 798. The highest BCUT2D eigenvalue weighted by atomic mass is 16.2. The van der Waals surface area contributed by atoms with Gasteiger partial charge in [0.05, 0.1) is 5.69 Å². The molecule has 8 nitrogen and oxygen atoms in total. The quantitative estimate of drug-likeness (QED) is 0.807. The van der Waals surface area contributed by atoms with Gasteiger partial charge in [0, 0.05) is 40.3 Å². The molecular formula is C18H23N7O. The third-order valence-electron chi connectivity index (χ3n) is 5.03. The Hall–Kier alpha value is -2.77. The number of hydrogen-bond donors (Lipinski definition) is 0. The van der Waals surface area contributed by atoms with Crippen LogP contribution in [0.5, 0.6) is 0 Å². The molecule has 1 fully saturated rings. The molecule has 2 aliphatic rings. The summed E-state index contributed by atoms with van der Waals surface area (Å²) in [5.41, 5.74) is 2.86. The van der Waals surface area contributed by atoms with E-state index < -0.39 is 0 Å². The number of anilines is 2. The number of aromatic nitrogens is 4. The van der Waals surface area contributed by atoms with Crippen LogP contribution in [0.25, 0.3) is 0 Å². The highest BCUT2D eigenvalue weighted by Crippen LogP contribution is 2.23. The first kappa shape index (κ1) is 16.7. The number of amides is 1. The second-order valence-electron chi connectivity index (χ2n) is 6.98. The molecule has 0 radical (unpaired) electrons. The van der Waals surface area contributed by atoms with Crippen molar-refractivity contribution in [3.05, 3.63) is 35.2 Å². The minimum atomic E-state index is -0.0671. The molecule has 0 saturated carbocycles. The first-order chi connectivity index (χ1) is 12.6. The monoisotopic (exact) mass is 353 g/mol. The second-order valence-corrected chi connectivity index (χ2v) is 6.98. The van der Waals surface area contributed by atoms with Gasteiger partial charge < -0.3 is 14.7 Å². The maximum Gasteiger partial charge on any atom is 0.274 e. The normalized spacial score (nSPS) is 16.5. The molecule has 0 aromatic carbocycles. The van der Waals surface area contributed by atoms with Gasteiger partial charge in [-0.3, -0.25) is 4.79 Å². The van der Waals surface area contributed by atoms with Gasteiger partial charge in [-0.1, -0.05) is 0 Å². The van der Waals surface area contributed by atoms with Crippen LogP contribution in [0, 0.1) is 0 Å². The van der Waals surface area contributed by atoms with Crippen molar-refractivity contribution in [1.82, 2.24) is 25.3 Å². The van der Waals surface area contributed by atoms with Crippen molar-refractivity contribution in [3.63, 3.8) is 0 Å². The highest BCUT2D eigenvalue weighted by molar-refractivity contribution is 5.92. The van der Waals surface area contributed by atoms with Crippen molar-refractivity contribution in [1.29, 1.82) is 0 Å². The van der Waals surface area contributed by atoms with Gasteiger partial charge in [0.2, 0.25) is 0 Å². The number of aryl methyl sites for hydroxylation is 2. The molecule has 1 saturated heterocycles. The maximum absolute atomic E-state index is 12.6. The van der Waals surface area contributed by atoms with Crippen molar-refractivity contribution in [2.75, 3.05) is 50.1 Å². The van der Waals surface area contributed by atoms with E-state index in [1.807, 2.05) is 30.0 Å². The fraction of sp³-hybridized carbons (Fsp3) is 0.500. The minimum Gasteiger partial charge on any atom is -0.361 e. The number of fused-ring (bicyclic) bond motifs is 1. The molecule has 0 spiro atoms.